The molecule has 3 rings (SSSR count). The molecule has 1 aliphatic heterocycles. The summed E-state index contributed by atoms with van der Waals surface area (Å²) in [6, 6.07) is 7.66. The maximum atomic E-state index is 13.2. The van der Waals surface area contributed by atoms with Crippen molar-refractivity contribution in [1.29, 1.82) is 0 Å². The molecule has 172 valence electrons. The highest BCUT2D eigenvalue weighted by Crippen LogP contribution is 2.41. The summed E-state index contributed by atoms with van der Waals surface area (Å²) in [5.74, 6) is -0.493. The average Bonchev–Trinajstić information content (AvgIpc) is 3.39. The Hall–Kier alpha value is -3.26. The van der Waals surface area contributed by atoms with E-state index in [4.69, 9.17) is 13.9 Å². The Labute approximate surface area is 188 Å². The summed E-state index contributed by atoms with van der Waals surface area (Å²) < 4.78 is 16.8. The number of benzene rings is 1. The number of hydrogen-bond donors (Lipinski definition) is 1. The molecule has 1 aromatic carbocycles. The Balaban J connectivity index is 2.07. The van der Waals surface area contributed by atoms with Gasteiger partial charge in [-0.05, 0) is 57.3 Å². The molecule has 32 heavy (non-hydrogen) atoms. The van der Waals surface area contributed by atoms with Gasteiger partial charge in [-0.3, -0.25) is 9.59 Å². The van der Waals surface area contributed by atoms with Crippen molar-refractivity contribution in [2.75, 3.05) is 40.4 Å². The van der Waals surface area contributed by atoms with E-state index in [1.54, 1.807) is 24.3 Å². The van der Waals surface area contributed by atoms with Gasteiger partial charge in [-0.25, -0.2) is 0 Å². The molecule has 0 fully saturated rings. The van der Waals surface area contributed by atoms with Crippen LogP contribution in [0.25, 0.3) is 0 Å². The number of ketones is 1. The van der Waals surface area contributed by atoms with Crippen molar-refractivity contribution in [3.05, 3.63) is 59.3 Å². The summed E-state index contributed by atoms with van der Waals surface area (Å²) in [5, 5.41) is 10.7. The third kappa shape index (κ3) is 4.80. The fraction of sp³-hybridized carbons (Fsp3) is 0.417. The van der Waals surface area contributed by atoms with Crippen LogP contribution in [0.3, 0.4) is 0 Å². The van der Waals surface area contributed by atoms with Crippen LogP contribution in [0, 0.1) is 0 Å². The van der Waals surface area contributed by atoms with Gasteiger partial charge in [0.25, 0.3) is 5.91 Å². The molecule has 8 nitrogen and oxygen atoms in total. The highest BCUT2D eigenvalue weighted by Gasteiger charge is 2.44. The van der Waals surface area contributed by atoms with E-state index >= 15 is 0 Å². The molecule has 1 atom stereocenters. The van der Waals surface area contributed by atoms with Crippen LogP contribution < -0.4 is 9.47 Å². The van der Waals surface area contributed by atoms with Crippen LogP contribution in [-0.4, -0.2) is 67.0 Å². The maximum Gasteiger partial charge on any atom is 0.290 e. The Bertz CT molecular complexity index is 980. The minimum absolute atomic E-state index is 0.00613. The van der Waals surface area contributed by atoms with E-state index < -0.39 is 23.5 Å². The molecule has 1 unspecified atom stereocenters. The van der Waals surface area contributed by atoms with Gasteiger partial charge in [-0.2, -0.15) is 0 Å². The maximum absolute atomic E-state index is 13.2. The van der Waals surface area contributed by atoms with Crippen molar-refractivity contribution in [3.8, 4) is 11.5 Å². The van der Waals surface area contributed by atoms with Gasteiger partial charge in [0.05, 0.1) is 31.1 Å². The zero-order chi connectivity index (χ0) is 23.3. The third-order valence-corrected chi connectivity index (χ3v) is 5.13. The number of Topliss-reactive ketones (excluding diaryl/α,β-unsaturated/α-hetero) is 1. The van der Waals surface area contributed by atoms with Crippen LogP contribution in [0.5, 0.6) is 11.5 Å². The number of furan rings is 1. The van der Waals surface area contributed by atoms with Crippen molar-refractivity contribution in [2.45, 2.75) is 26.3 Å². The Morgan fingerprint density at radius 1 is 1.19 bits per heavy atom. The van der Waals surface area contributed by atoms with Gasteiger partial charge in [-0.15, -0.1) is 0 Å². The van der Waals surface area contributed by atoms with Crippen molar-refractivity contribution < 1.29 is 28.6 Å². The molecule has 0 saturated carbocycles. The van der Waals surface area contributed by atoms with Crippen molar-refractivity contribution >= 4 is 11.7 Å². The summed E-state index contributed by atoms with van der Waals surface area (Å²) in [5.41, 5.74) is 0.636. The molecule has 1 aromatic heterocycles. The highest BCUT2D eigenvalue weighted by atomic mass is 16.5. The lowest BCUT2D eigenvalue weighted by Crippen LogP contribution is -2.36. The van der Waals surface area contributed by atoms with Crippen molar-refractivity contribution in [3.63, 3.8) is 0 Å². The second-order valence-electron chi connectivity index (χ2n) is 7.76. The predicted molar refractivity (Wildman–Crippen MR) is 119 cm³/mol. The second-order valence-corrected chi connectivity index (χ2v) is 7.76. The zero-order valence-corrected chi connectivity index (χ0v) is 19.0. The highest BCUT2D eigenvalue weighted by molar-refractivity contribution is 6.15. The monoisotopic (exact) mass is 442 g/mol. The molecule has 1 aliphatic rings. The number of nitrogens with zero attached hydrogens (tertiary/aromatic N) is 2. The van der Waals surface area contributed by atoms with E-state index in [2.05, 4.69) is 0 Å². The third-order valence-electron chi connectivity index (χ3n) is 5.13. The number of hydrogen-bond acceptors (Lipinski definition) is 7. The van der Waals surface area contributed by atoms with Gasteiger partial charge >= 0.3 is 0 Å². The number of aliphatic hydroxyl groups is 1. The molecule has 0 radical (unpaired) electrons. The first-order chi connectivity index (χ1) is 15.4. The number of likely N-dealkylation sites (N-methyl/N-ethyl adjacent to an activating group) is 1. The molecular weight excluding hydrogens is 412 g/mol. The molecule has 0 spiro atoms. The quantitative estimate of drug-likeness (QED) is 0.532. The summed E-state index contributed by atoms with van der Waals surface area (Å²) >= 11 is 0. The largest absolute Gasteiger partial charge is 0.503 e. The normalized spacial score (nSPS) is 16.2. The van der Waals surface area contributed by atoms with Crippen LogP contribution >= 0.6 is 0 Å². The first-order valence-electron chi connectivity index (χ1n) is 10.8. The number of amides is 1. The number of carbonyl (C=O) groups is 2. The topological polar surface area (TPSA) is 92.5 Å². The molecule has 0 saturated heterocycles. The van der Waals surface area contributed by atoms with E-state index in [0.29, 0.717) is 43.4 Å². The van der Waals surface area contributed by atoms with E-state index in [1.165, 1.54) is 17.2 Å². The minimum Gasteiger partial charge on any atom is -0.503 e. The Kier molecular flexibility index (Phi) is 7.58. The standard InChI is InChI=1S/C24H30N2O6/c1-5-13-31-17-10-9-16(15-19(17)30-6-2)21-20(22(27)18-8-7-14-32-18)23(28)24(29)26(21)12-11-25(3)4/h7-10,14-15,21,28H,5-6,11-13H2,1-4H3. The smallest absolute Gasteiger partial charge is 0.290 e. The molecule has 2 aromatic rings. The van der Waals surface area contributed by atoms with E-state index in [-0.39, 0.29) is 11.3 Å². The number of carbonyl (C=O) groups excluding carboxylic acids is 2. The van der Waals surface area contributed by atoms with Gasteiger partial charge in [0.2, 0.25) is 5.78 Å². The second kappa shape index (κ2) is 10.4. The lowest BCUT2D eigenvalue weighted by Gasteiger charge is -2.28. The molecule has 1 N–H and O–H groups in total. The predicted octanol–water partition coefficient (Wildman–Crippen LogP) is 3.61. The number of ether oxygens (including phenoxy) is 2. The molecule has 2 heterocycles. The molecule has 0 aliphatic carbocycles. The summed E-state index contributed by atoms with van der Waals surface area (Å²) in [7, 11) is 3.79. The van der Waals surface area contributed by atoms with E-state index in [1.807, 2.05) is 32.8 Å². The Morgan fingerprint density at radius 3 is 2.59 bits per heavy atom. The minimum atomic E-state index is -0.778. The zero-order valence-electron chi connectivity index (χ0n) is 19.0. The first-order valence-corrected chi connectivity index (χ1v) is 10.8. The number of aliphatic hydroxyl groups excluding tert-OH is 1. The average molecular weight is 443 g/mol. The molecule has 1 amide bonds. The van der Waals surface area contributed by atoms with Gasteiger partial charge in [0.1, 0.15) is 0 Å². The van der Waals surface area contributed by atoms with Crippen LogP contribution in [0.4, 0.5) is 0 Å². The fourth-order valence-corrected chi connectivity index (χ4v) is 3.61. The SMILES string of the molecule is CCCOc1ccc(C2C(C(=O)c3ccco3)=C(O)C(=O)N2CCN(C)C)cc1OCC. The van der Waals surface area contributed by atoms with Crippen LogP contribution in [0.2, 0.25) is 0 Å². The van der Waals surface area contributed by atoms with Crippen LogP contribution in [-0.2, 0) is 4.79 Å². The van der Waals surface area contributed by atoms with Crippen LogP contribution in [0.1, 0.15) is 42.4 Å². The lowest BCUT2D eigenvalue weighted by molar-refractivity contribution is -0.129. The van der Waals surface area contributed by atoms with E-state index in [9.17, 15) is 14.7 Å². The van der Waals surface area contributed by atoms with Crippen LogP contribution in [0.15, 0.2) is 52.3 Å². The Morgan fingerprint density at radius 2 is 1.97 bits per heavy atom. The van der Waals surface area contributed by atoms with Crippen molar-refractivity contribution in [1.82, 2.24) is 9.80 Å². The first kappa shape index (κ1) is 23.4. The lowest BCUT2D eigenvalue weighted by atomic mass is 9.94. The summed E-state index contributed by atoms with van der Waals surface area (Å²) in [6.07, 6.45) is 2.23. The molecule has 0 bridgehead atoms. The van der Waals surface area contributed by atoms with Gasteiger partial charge in [0, 0.05) is 13.1 Å². The fourth-order valence-electron chi connectivity index (χ4n) is 3.61. The molecule has 8 heteroatoms. The van der Waals surface area contributed by atoms with Gasteiger partial charge in [-0.1, -0.05) is 13.0 Å². The summed E-state index contributed by atoms with van der Waals surface area (Å²) in [6.45, 7) is 5.75. The van der Waals surface area contributed by atoms with Gasteiger partial charge in [0.15, 0.2) is 23.0 Å². The van der Waals surface area contributed by atoms with Gasteiger partial charge < -0.3 is 28.8 Å². The van der Waals surface area contributed by atoms with E-state index in [0.717, 1.165) is 6.42 Å². The van der Waals surface area contributed by atoms with Crippen molar-refractivity contribution in [2.24, 2.45) is 0 Å². The summed E-state index contributed by atoms with van der Waals surface area (Å²) in [4.78, 5) is 29.6. The molecular formula is C24H30N2O6. The number of rotatable bonds is 11.